The van der Waals surface area contributed by atoms with Gasteiger partial charge in [-0.15, -0.1) is 0 Å². The van der Waals surface area contributed by atoms with Crippen molar-refractivity contribution in [1.29, 1.82) is 0 Å². The lowest BCUT2D eigenvalue weighted by Gasteiger charge is -2.19. The van der Waals surface area contributed by atoms with Crippen LogP contribution in [0, 0.1) is 11.8 Å². The number of hydroxylamine groups is 2. The minimum absolute atomic E-state index is 0.190. The standard InChI is InChI=1S/C17H17NO6/c1-17(2,3)23-15(21)11-8-12(11)16(22)24-18-13(19)9-6-4-5-7-10(9)14(18)20/h4-7,11-12H,8H2,1-3H3/t11-,12-/m1/s1. The molecule has 7 heteroatoms. The van der Waals surface area contributed by atoms with Gasteiger partial charge in [0.15, 0.2) is 0 Å². The lowest BCUT2D eigenvalue weighted by Crippen LogP contribution is -2.34. The van der Waals surface area contributed by atoms with Gasteiger partial charge in [0.1, 0.15) is 5.60 Å². The van der Waals surface area contributed by atoms with Crippen LogP contribution in [0.2, 0.25) is 0 Å². The summed E-state index contributed by atoms with van der Waals surface area (Å²) >= 11 is 0. The van der Waals surface area contributed by atoms with Gasteiger partial charge >= 0.3 is 11.9 Å². The summed E-state index contributed by atoms with van der Waals surface area (Å²) in [7, 11) is 0. The van der Waals surface area contributed by atoms with E-state index < -0.39 is 41.2 Å². The second-order valence-electron chi connectivity index (χ2n) is 6.84. The number of carbonyl (C=O) groups is 4. The zero-order valence-corrected chi connectivity index (χ0v) is 13.6. The molecule has 2 atom stereocenters. The molecule has 0 saturated heterocycles. The van der Waals surface area contributed by atoms with Crippen LogP contribution in [0.1, 0.15) is 47.9 Å². The Morgan fingerprint density at radius 3 is 2.00 bits per heavy atom. The maximum absolute atomic E-state index is 12.1. The van der Waals surface area contributed by atoms with Crippen molar-refractivity contribution in [3.63, 3.8) is 0 Å². The molecular weight excluding hydrogens is 314 g/mol. The number of esters is 1. The van der Waals surface area contributed by atoms with E-state index in [2.05, 4.69) is 0 Å². The van der Waals surface area contributed by atoms with E-state index >= 15 is 0 Å². The molecule has 7 nitrogen and oxygen atoms in total. The molecule has 2 aliphatic rings. The van der Waals surface area contributed by atoms with Crippen molar-refractivity contribution in [2.45, 2.75) is 32.8 Å². The molecule has 0 bridgehead atoms. The summed E-state index contributed by atoms with van der Waals surface area (Å²) in [6.07, 6.45) is 0.289. The van der Waals surface area contributed by atoms with E-state index in [0.29, 0.717) is 5.06 Å². The number of carbonyl (C=O) groups excluding carboxylic acids is 4. The zero-order valence-electron chi connectivity index (χ0n) is 13.6. The second-order valence-corrected chi connectivity index (χ2v) is 6.84. The number of rotatable bonds is 3. The van der Waals surface area contributed by atoms with Crippen molar-refractivity contribution in [1.82, 2.24) is 5.06 Å². The second kappa shape index (κ2) is 5.43. The molecule has 0 spiro atoms. The average Bonchev–Trinajstić information content (AvgIpc) is 3.26. The number of benzene rings is 1. The number of amides is 2. The molecule has 0 radical (unpaired) electrons. The van der Waals surface area contributed by atoms with Crippen LogP contribution in [0.4, 0.5) is 0 Å². The highest BCUT2D eigenvalue weighted by Crippen LogP contribution is 2.41. The minimum Gasteiger partial charge on any atom is -0.460 e. The summed E-state index contributed by atoms with van der Waals surface area (Å²) in [4.78, 5) is 53.2. The maximum atomic E-state index is 12.1. The van der Waals surface area contributed by atoms with Crippen molar-refractivity contribution in [3.05, 3.63) is 35.4 Å². The highest BCUT2D eigenvalue weighted by atomic mass is 16.7. The van der Waals surface area contributed by atoms with Crippen LogP contribution in [-0.4, -0.2) is 34.4 Å². The number of hydrogen-bond donors (Lipinski definition) is 0. The number of imide groups is 1. The number of hydrogen-bond acceptors (Lipinski definition) is 6. The van der Waals surface area contributed by atoms with Crippen LogP contribution in [0.15, 0.2) is 24.3 Å². The molecule has 2 amide bonds. The van der Waals surface area contributed by atoms with E-state index in [0.717, 1.165) is 0 Å². The molecule has 1 aromatic rings. The normalized spacial score (nSPS) is 22.2. The summed E-state index contributed by atoms with van der Waals surface area (Å²) in [5.74, 6) is -3.90. The van der Waals surface area contributed by atoms with Crippen LogP contribution < -0.4 is 0 Å². The van der Waals surface area contributed by atoms with Gasteiger partial charge in [0.2, 0.25) is 0 Å². The van der Waals surface area contributed by atoms with Crippen molar-refractivity contribution in [3.8, 4) is 0 Å². The molecule has 1 aliphatic carbocycles. The van der Waals surface area contributed by atoms with Crippen LogP contribution in [0.25, 0.3) is 0 Å². The van der Waals surface area contributed by atoms with E-state index in [1.165, 1.54) is 12.1 Å². The summed E-state index contributed by atoms with van der Waals surface area (Å²) in [6, 6.07) is 6.22. The molecule has 1 aliphatic heterocycles. The van der Waals surface area contributed by atoms with Gasteiger partial charge in [-0.25, -0.2) is 4.79 Å². The third-order valence-electron chi connectivity index (χ3n) is 3.74. The van der Waals surface area contributed by atoms with Crippen molar-refractivity contribution in [2.75, 3.05) is 0 Å². The average molecular weight is 331 g/mol. The Bertz CT molecular complexity index is 713. The van der Waals surface area contributed by atoms with Crippen LogP contribution in [0.5, 0.6) is 0 Å². The summed E-state index contributed by atoms with van der Waals surface area (Å²) < 4.78 is 5.21. The number of ether oxygens (including phenoxy) is 1. The predicted octanol–water partition coefficient (Wildman–Crippen LogP) is 1.72. The molecular formula is C17H17NO6. The van der Waals surface area contributed by atoms with Gasteiger partial charge in [-0.3, -0.25) is 14.4 Å². The van der Waals surface area contributed by atoms with Gasteiger partial charge in [-0.1, -0.05) is 17.2 Å². The molecule has 1 heterocycles. The number of fused-ring (bicyclic) bond motifs is 1. The fraction of sp³-hybridized carbons (Fsp3) is 0.412. The molecule has 24 heavy (non-hydrogen) atoms. The Kier molecular flexibility index (Phi) is 3.66. The summed E-state index contributed by atoms with van der Waals surface area (Å²) in [5, 5.41) is 0.456. The molecule has 126 valence electrons. The van der Waals surface area contributed by atoms with Gasteiger partial charge in [0.25, 0.3) is 11.8 Å². The van der Waals surface area contributed by atoms with Gasteiger partial charge in [-0.2, -0.15) is 0 Å². The molecule has 1 aromatic carbocycles. The summed E-state index contributed by atoms with van der Waals surface area (Å²) in [5.41, 5.74) is -0.263. The maximum Gasteiger partial charge on any atom is 0.337 e. The molecule has 3 rings (SSSR count). The van der Waals surface area contributed by atoms with E-state index in [9.17, 15) is 19.2 Å². The largest absolute Gasteiger partial charge is 0.460 e. The first-order valence-electron chi connectivity index (χ1n) is 7.61. The van der Waals surface area contributed by atoms with Gasteiger partial charge in [0.05, 0.1) is 23.0 Å². The highest BCUT2D eigenvalue weighted by molar-refractivity contribution is 6.20. The zero-order chi connectivity index (χ0) is 17.6. The molecule has 1 fully saturated rings. The minimum atomic E-state index is -0.777. The molecule has 0 aromatic heterocycles. The lowest BCUT2D eigenvalue weighted by atomic mass is 10.1. The van der Waals surface area contributed by atoms with E-state index in [1.807, 2.05) is 0 Å². The number of nitrogens with zero attached hydrogens (tertiary/aromatic N) is 1. The van der Waals surface area contributed by atoms with Crippen LogP contribution in [-0.2, 0) is 19.2 Å². The Morgan fingerprint density at radius 1 is 1.00 bits per heavy atom. The van der Waals surface area contributed by atoms with Crippen molar-refractivity contribution < 1.29 is 28.8 Å². The first-order valence-corrected chi connectivity index (χ1v) is 7.61. The fourth-order valence-corrected chi connectivity index (χ4v) is 2.50. The van der Waals surface area contributed by atoms with Crippen LogP contribution in [0.3, 0.4) is 0 Å². The molecule has 0 unspecified atom stereocenters. The molecule has 1 saturated carbocycles. The monoisotopic (exact) mass is 331 g/mol. The van der Waals surface area contributed by atoms with E-state index in [-0.39, 0.29) is 17.5 Å². The van der Waals surface area contributed by atoms with E-state index in [1.54, 1.807) is 32.9 Å². The van der Waals surface area contributed by atoms with Crippen molar-refractivity contribution in [2.24, 2.45) is 11.8 Å². The van der Waals surface area contributed by atoms with Gasteiger partial charge < -0.3 is 9.57 Å². The first kappa shape index (κ1) is 16.2. The van der Waals surface area contributed by atoms with Gasteiger partial charge in [-0.05, 0) is 39.3 Å². The third kappa shape index (κ3) is 2.89. The fourth-order valence-electron chi connectivity index (χ4n) is 2.50. The van der Waals surface area contributed by atoms with Crippen LogP contribution >= 0.6 is 0 Å². The van der Waals surface area contributed by atoms with Gasteiger partial charge in [0, 0.05) is 0 Å². The highest BCUT2D eigenvalue weighted by Gasteiger charge is 2.53. The van der Waals surface area contributed by atoms with Crippen molar-refractivity contribution >= 4 is 23.8 Å². The Morgan fingerprint density at radius 2 is 1.50 bits per heavy atom. The Labute approximate surface area is 138 Å². The Hall–Kier alpha value is -2.70. The topological polar surface area (TPSA) is 90.0 Å². The lowest BCUT2D eigenvalue weighted by molar-refractivity contribution is -0.172. The summed E-state index contributed by atoms with van der Waals surface area (Å²) in [6.45, 7) is 5.21. The smallest absolute Gasteiger partial charge is 0.337 e. The molecule has 0 N–H and O–H groups in total. The third-order valence-corrected chi connectivity index (χ3v) is 3.74. The van der Waals surface area contributed by atoms with E-state index in [4.69, 9.17) is 9.57 Å². The quantitative estimate of drug-likeness (QED) is 0.619. The Balaban J connectivity index is 1.63. The first-order chi connectivity index (χ1) is 11.2. The predicted molar refractivity (Wildman–Crippen MR) is 80.5 cm³/mol. The SMILES string of the molecule is CC(C)(C)OC(=O)[C@@H]1C[C@H]1C(=O)ON1C(=O)c2ccccc2C1=O.